The summed E-state index contributed by atoms with van der Waals surface area (Å²) in [5.74, 6) is 0.334. The molecule has 0 atom stereocenters. The number of para-hydroxylation sites is 1. The number of nitrogens with two attached hydrogens (primary N) is 1. The van der Waals surface area contributed by atoms with E-state index >= 15 is 0 Å². The molecule has 0 unspecified atom stereocenters. The molecular weight excluding hydrogens is 441 g/mol. The summed E-state index contributed by atoms with van der Waals surface area (Å²) >= 11 is 6.67. The molecule has 0 fully saturated rings. The minimum Gasteiger partial charge on any atom is -0.393 e. The Morgan fingerprint density at radius 2 is 1.58 bits per heavy atom. The fourth-order valence-corrected chi connectivity index (χ4v) is 2.72. The summed E-state index contributed by atoms with van der Waals surface area (Å²) in [6.07, 6.45) is 1.36. The van der Waals surface area contributed by atoms with E-state index in [1.54, 1.807) is 12.1 Å². The predicted molar refractivity (Wildman–Crippen MR) is 101 cm³/mol. The number of hydrogen-bond acceptors (Lipinski definition) is 5. The Morgan fingerprint density at radius 3 is 2.25 bits per heavy atom. The molecule has 0 aliphatic rings. The highest BCUT2D eigenvalue weighted by molar-refractivity contribution is 9.10. The fraction of sp³-hybridized carbons (Fsp3) is 0. The van der Waals surface area contributed by atoms with Gasteiger partial charge >= 0.3 is 0 Å². The number of nitrogens with zero attached hydrogens (tertiary/aromatic N) is 2. The van der Waals surface area contributed by atoms with E-state index in [2.05, 4.69) is 52.5 Å². The lowest BCUT2D eigenvalue weighted by Crippen LogP contribution is -2.06. The predicted octanol–water partition coefficient (Wildman–Crippen LogP) is 5.21. The van der Waals surface area contributed by atoms with Crippen LogP contribution in [0.2, 0.25) is 0 Å². The van der Waals surface area contributed by atoms with Crippen LogP contribution in [0.5, 0.6) is 0 Å². The third-order valence-corrected chi connectivity index (χ3v) is 4.38. The molecule has 0 aliphatic heterocycles. The first kappa shape index (κ1) is 16.7. The Morgan fingerprint density at radius 1 is 0.917 bits per heavy atom. The van der Waals surface area contributed by atoms with E-state index in [-0.39, 0.29) is 11.4 Å². The van der Waals surface area contributed by atoms with E-state index in [9.17, 15) is 4.39 Å². The van der Waals surface area contributed by atoms with Gasteiger partial charge in [-0.1, -0.05) is 28.1 Å². The minimum absolute atomic E-state index is 0.274. The van der Waals surface area contributed by atoms with Gasteiger partial charge in [0.2, 0.25) is 0 Å². The molecule has 3 aromatic rings. The Labute approximate surface area is 154 Å². The summed E-state index contributed by atoms with van der Waals surface area (Å²) in [6, 6.07) is 12.3. The molecule has 0 aliphatic carbocycles. The molecule has 4 N–H and O–H groups in total. The molecule has 122 valence electrons. The van der Waals surface area contributed by atoms with Gasteiger partial charge < -0.3 is 16.4 Å². The normalized spacial score (nSPS) is 10.5. The molecule has 5 nitrogen and oxygen atoms in total. The van der Waals surface area contributed by atoms with Crippen LogP contribution in [-0.2, 0) is 0 Å². The van der Waals surface area contributed by atoms with Gasteiger partial charge in [-0.25, -0.2) is 14.4 Å². The van der Waals surface area contributed by atoms with Crippen LogP contribution in [0, 0.1) is 5.82 Å². The first-order valence-corrected chi connectivity index (χ1v) is 8.47. The maximum absolute atomic E-state index is 14.0. The van der Waals surface area contributed by atoms with Crippen LogP contribution in [0.25, 0.3) is 0 Å². The van der Waals surface area contributed by atoms with Crippen LogP contribution in [0.3, 0.4) is 0 Å². The number of aromatic nitrogens is 2. The van der Waals surface area contributed by atoms with Crippen molar-refractivity contribution in [2.45, 2.75) is 0 Å². The van der Waals surface area contributed by atoms with Crippen LogP contribution in [0.1, 0.15) is 0 Å². The molecule has 8 heteroatoms. The second-order valence-electron chi connectivity index (χ2n) is 4.84. The number of halogens is 3. The van der Waals surface area contributed by atoms with Crippen molar-refractivity contribution in [2.24, 2.45) is 0 Å². The molecule has 24 heavy (non-hydrogen) atoms. The van der Waals surface area contributed by atoms with Crippen LogP contribution >= 0.6 is 31.9 Å². The molecule has 0 amide bonds. The Hall–Kier alpha value is -2.19. The van der Waals surface area contributed by atoms with Gasteiger partial charge in [-0.15, -0.1) is 0 Å². The van der Waals surface area contributed by atoms with E-state index in [0.717, 1.165) is 10.2 Å². The number of rotatable bonds is 4. The van der Waals surface area contributed by atoms with Gasteiger partial charge in [0, 0.05) is 8.95 Å². The smallest absolute Gasteiger partial charge is 0.159 e. The molecule has 0 spiro atoms. The number of anilines is 5. The van der Waals surface area contributed by atoms with Crippen LogP contribution in [-0.4, -0.2) is 9.97 Å². The van der Waals surface area contributed by atoms with Crippen LogP contribution < -0.4 is 16.4 Å². The maximum atomic E-state index is 14.0. The van der Waals surface area contributed by atoms with Gasteiger partial charge in [0.05, 0.1) is 11.4 Å². The minimum atomic E-state index is -0.414. The van der Waals surface area contributed by atoms with Gasteiger partial charge in [0.25, 0.3) is 0 Å². The number of hydrogen-bond donors (Lipinski definition) is 3. The zero-order chi connectivity index (χ0) is 17.1. The summed E-state index contributed by atoms with van der Waals surface area (Å²) in [6.45, 7) is 0. The largest absolute Gasteiger partial charge is 0.393 e. The lowest BCUT2D eigenvalue weighted by molar-refractivity contribution is 0.631. The molecule has 3 rings (SSSR count). The van der Waals surface area contributed by atoms with Crippen molar-refractivity contribution >= 4 is 60.6 Å². The molecular formula is C16H12Br2FN5. The monoisotopic (exact) mass is 451 g/mol. The lowest BCUT2D eigenvalue weighted by atomic mass is 10.3. The van der Waals surface area contributed by atoms with Gasteiger partial charge in [0.1, 0.15) is 17.8 Å². The van der Waals surface area contributed by atoms with Crippen molar-refractivity contribution in [1.29, 1.82) is 0 Å². The highest BCUT2D eigenvalue weighted by Gasteiger charge is 2.11. The van der Waals surface area contributed by atoms with Gasteiger partial charge in [-0.05, 0) is 46.3 Å². The second kappa shape index (κ2) is 7.14. The standard InChI is InChI=1S/C16H12Br2FN5/c17-9-5-6-13(11(19)7-9)24-16-14(20)15(21-8-22-16)23-12-4-2-1-3-10(12)18/h1-8H,20H2,(H2,21,22,23,24). The molecule has 2 aromatic carbocycles. The zero-order valence-corrected chi connectivity index (χ0v) is 15.4. The van der Waals surface area contributed by atoms with E-state index in [0.29, 0.717) is 16.1 Å². The van der Waals surface area contributed by atoms with E-state index in [1.165, 1.54) is 12.4 Å². The molecule has 0 saturated heterocycles. The van der Waals surface area contributed by atoms with Crippen molar-refractivity contribution in [3.63, 3.8) is 0 Å². The Balaban J connectivity index is 1.89. The molecule has 1 aromatic heterocycles. The highest BCUT2D eigenvalue weighted by Crippen LogP contribution is 2.31. The Bertz CT molecular complexity index is 888. The van der Waals surface area contributed by atoms with Crippen molar-refractivity contribution in [2.75, 3.05) is 16.4 Å². The van der Waals surface area contributed by atoms with Crippen molar-refractivity contribution in [3.8, 4) is 0 Å². The van der Waals surface area contributed by atoms with Crippen molar-refractivity contribution in [3.05, 3.63) is 63.6 Å². The summed E-state index contributed by atoms with van der Waals surface area (Å²) in [5.41, 5.74) is 7.48. The number of nitrogen functional groups attached to an aromatic ring is 1. The van der Waals surface area contributed by atoms with Crippen molar-refractivity contribution < 1.29 is 4.39 Å². The van der Waals surface area contributed by atoms with Gasteiger partial charge in [-0.2, -0.15) is 0 Å². The third-order valence-electron chi connectivity index (χ3n) is 3.20. The van der Waals surface area contributed by atoms with Crippen LogP contribution in [0.15, 0.2) is 57.7 Å². The average Bonchev–Trinajstić information content (AvgIpc) is 2.55. The summed E-state index contributed by atoms with van der Waals surface area (Å²) in [5, 5.41) is 6.01. The topological polar surface area (TPSA) is 75.9 Å². The van der Waals surface area contributed by atoms with Crippen LogP contribution in [0.4, 0.5) is 33.1 Å². The second-order valence-corrected chi connectivity index (χ2v) is 6.61. The highest BCUT2D eigenvalue weighted by atomic mass is 79.9. The average molecular weight is 453 g/mol. The lowest BCUT2D eigenvalue weighted by Gasteiger charge is -2.13. The Kier molecular flexibility index (Phi) is 4.96. The first-order chi connectivity index (χ1) is 11.5. The molecule has 0 radical (unpaired) electrons. The van der Waals surface area contributed by atoms with E-state index in [4.69, 9.17) is 5.73 Å². The summed E-state index contributed by atoms with van der Waals surface area (Å²) < 4.78 is 15.5. The number of benzene rings is 2. The third kappa shape index (κ3) is 3.65. The molecule has 1 heterocycles. The maximum Gasteiger partial charge on any atom is 0.159 e. The summed E-state index contributed by atoms with van der Waals surface area (Å²) in [7, 11) is 0. The van der Waals surface area contributed by atoms with Gasteiger partial charge in [0.15, 0.2) is 11.6 Å². The first-order valence-electron chi connectivity index (χ1n) is 6.88. The van der Waals surface area contributed by atoms with Crippen molar-refractivity contribution in [1.82, 2.24) is 9.97 Å². The SMILES string of the molecule is Nc1c(Nc2ccc(Br)cc2F)ncnc1Nc1ccccc1Br. The molecule has 0 saturated carbocycles. The zero-order valence-electron chi connectivity index (χ0n) is 12.2. The van der Waals surface area contributed by atoms with E-state index < -0.39 is 5.82 Å². The van der Waals surface area contributed by atoms with E-state index in [1.807, 2.05) is 24.3 Å². The molecule has 0 bridgehead atoms. The fourth-order valence-electron chi connectivity index (χ4n) is 2.00. The quantitative estimate of drug-likeness (QED) is 0.506. The number of nitrogens with one attached hydrogen (secondary N) is 2. The van der Waals surface area contributed by atoms with Gasteiger partial charge in [-0.3, -0.25) is 0 Å². The summed E-state index contributed by atoms with van der Waals surface area (Å²) in [4.78, 5) is 8.23.